The molecule has 3 aromatic carbocycles. The predicted molar refractivity (Wildman–Crippen MR) is 147 cm³/mol. The number of aliphatic imine (C=N–C) groups is 1. The molecule has 0 aliphatic carbocycles. The number of amidine groups is 1. The monoisotopic (exact) mass is 534 g/mol. The van der Waals surface area contributed by atoms with Crippen LogP contribution in [0.4, 0.5) is 11.4 Å². The average molecular weight is 535 g/mol. The van der Waals surface area contributed by atoms with Gasteiger partial charge in [-0.05, 0) is 77.5 Å². The summed E-state index contributed by atoms with van der Waals surface area (Å²) in [4.78, 5) is 32.2. The number of piperazine rings is 1. The Hall–Kier alpha value is -3.82. The first-order valence-corrected chi connectivity index (χ1v) is 12.9. The van der Waals surface area contributed by atoms with Crippen LogP contribution in [0.1, 0.15) is 11.1 Å². The first kappa shape index (κ1) is 24.9. The van der Waals surface area contributed by atoms with Crippen molar-refractivity contribution in [3.05, 3.63) is 104 Å². The number of ether oxygens (including phenoxy) is 1. The molecule has 5 rings (SSSR count). The first-order valence-electron chi connectivity index (χ1n) is 11.7. The minimum atomic E-state index is -0.428. The number of amides is 1. The summed E-state index contributed by atoms with van der Waals surface area (Å²) in [5.41, 5.74) is 2.90. The number of thioether (sulfide) groups is 1. The molecular formula is C27H23ClN4O4S. The Morgan fingerprint density at radius 1 is 0.946 bits per heavy atom. The highest BCUT2D eigenvalue weighted by Crippen LogP contribution is 2.31. The maximum Gasteiger partial charge on any atom is 0.286 e. The van der Waals surface area contributed by atoms with E-state index >= 15 is 0 Å². The summed E-state index contributed by atoms with van der Waals surface area (Å²) < 4.78 is 5.78. The minimum absolute atomic E-state index is 0.0489. The molecule has 0 N–H and O–H groups in total. The molecule has 0 radical (unpaired) electrons. The predicted octanol–water partition coefficient (Wildman–Crippen LogP) is 5.62. The van der Waals surface area contributed by atoms with Crippen molar-refractivity contribution in [1.29, 1.82) is 0 Å². The number of halogens is 1. The Morgan fingerprint density at radius 3 is 2.24 bits per heavy atom. The highest BCUT2D eigenvalue weighted by molar-refractivity contribution is 8.18. The van der Waals surface area contributed by atoms with Crippen molar-refractivity contribution in [2.45, 2.75) is 6.61 Å². The van der Waals surface area contributed by atoms with Crippen LogP contribution in [0.25, 0.3) is 6.08 Å². The molecular weight excluding hydrogens is 512 g/mol. The molecule has 1 amide bonds. The zero-order valence-electron chi connectivity index (χ0n) is 19.7. The minimum Gasteiger partial charge on any atom is -0.489 e. The molecule has 0 unspecified atom stereocenters. The fourth-order valence-electron chi connectivity index (χ4n) is 4.03. The van der Waals surface area contributed by atoms with Crippen molar-refractivity contribution < 1.29 is 14.5 Å². The molecule has 0 bridgehead atoms. The highest BCUT2D eigenvalue weighted by Gasteiger charge is 2.28. The van der Waals surface area contributed by atoms with Crippen molar-refractivity contribution in [3.8, 4) is 5.75 Å². The fourth-order valence-corrected chi connectivity index (χ4v) is 5.12. The smallest absolute Gasteiger partial charge is 0.286 e. The van der Waals surface area contributed by atoms with Gasteiger partial charge in [0.05, 0.1) is 9.83 Å². The second-order valence-corrected chi connectivity index (χ2v) is 9.99. The molecule has 0 spiro atoms. The van der Waals surface area contributed by atoms with Crippen LogP contribution < -0.4 is 9.64 Å². The van der Waals surface area contributed by atoms with Gasteiger partial charge in [0.25, 0.3) is 11.6 Å². The first-order chi connectivity index (χ1) is 17.9. The van der Waals surface area contributed by atoms with Crippen molar-refractivity contribution in [2.75, 3.05) is 31.1 Å². The summed E-state index contributed by atoms with van der Waals surface area (Å²) in [7, 11) is 0. The van der Waals surface area contributed by atoms with E-state index < -0.39 is 4.92 Å². The zero-order chi connectivity index (χ0) is 25.8. The van der Waals surface area contributed by atoms with E-state index in [-0.39, 0.29) is 11.6 Å². The lowest BCUT2D eigenvalue weighted by Crippen LogP contribution is -2.47. The zero-order valence-corrected chi connectivity index (χ0v) is 21.3. The molecule has 10 heteroatoms. The number of carbonyl (C=O) groups is 1. The van der Waals surface area contributed by atoms with Gasteiger partial charge in [0.15, 0.2) is 5.17 Å². The number of nitro groups is 1. The van der Waals surface area contributed by atoms with E-state index in [0.717, 1.165) is 53.2 Å². The van der Waals surface area contributed by atoms with E-state index in [9.17, 15) is 14.9 Å². The van der Waals surface area contributed by atoms with Gasteiger partial charge in [0.1, 0.15) is 12.4 Å². The van der Waals surface area contributed by atoms with E-state index in [2.05, 4.69) is 14.8 Å². The number of benzene rings is 3. The van der Waals surface area contributed by atoms with E-state index in [1.165, 1.54) is 23.9 Å². The van der Waals surface area contributed by atoms with E-state index in [1.54, 1.807) is 12.1 Å². The van der Waals surface area contributed by atoms with Gasteiger partial charge in [-0.3, -0.25) is 14.9 Å². The van der Waals surface area contributed by atoms with Gasteiger partial charge in [-0.15, -0.1) is 0 Å². The van der Waals surface area contributed by atoms with Gasteiger partial charge in [-0.1, -0.05) is 23.7 Å². The summed E-state index contributed by atoms with van der Waals surface area (Å²) in [6.45, 7) is 3.56. The summed E-state index contributed by atoms with van der Waals surface area (Å²) >= 11 is 7.40. The molecule has 0 atom stereocenters. The summed E-state index contributed by atoms with van der Waals surface area (Å²) in [5, 5.41) is 12.2. The molecule has 1 saturated heterocycles. The topological polar surface area (TPSA) is 88.3 Å². The van der Waals surface area contributed by atoms with Crippen LogP contribution in [-0.4, -0.2) is 47.1 Å². The van der Waals surface area contributed by atoms with Gasteiger partial charge in [-0.25, -0.2) is 0 Å². The third kappa shape index (κ3) is 6.12. The Balaban J connectivity index is 1.14. The van der Waals surface area contributed by atoms with Gasteiger partial charge in [-0.2, -0.15) is 4.99 Å². The third-order valence-corrected chi connectivity index (χ3v) is 7.38. The quantitative estimate of drug-likeness (QED) is 0.230. The van der Waals surface area contributed by atoms with Crippen LogP contribution in [0, 0.1) is 10.1 Å². The number of hydrogen-bond donors (Lipinski definition) is 0. The summed E-state index contributed by atoms with van der Waals surface area (Å²) in [5.74, 6) is 0.444. The lowest BCUT2D eigenvalue weighted by atomic mass is 10.2. The summed E-state index contributed by atoms with van der Waals surface area (Å²) in [6, 6.07) is 21.5. The number of rotatable bonds is 6. The Labute approximate surface area is 223 Å². The van der Waals surface area contributed by atoms with Crippen molar-refractivity contribution in [1.82, 2.24) is 4.90 Å². The Morgan fingerprint density at radius 2 is 1.59 bits per heavy atom. The Kier molecular flexibility index (Phi) is 7.43. The van der Waals surface area contributed by atoms with E-state index in [1.807, 2.05) is 54.6 Å². The lowest BCUT2D eigenvalue weighted by molar-refractivity contribution is -0.384. The number of non-ortho nitro benzene ring substituents is 1. The van der Waals surface area contributed by atoms with Crippen LogP contribution >= 0.6 is 23.4 Å². The van der Waals surface area contributed by atoms with Gasteiger partial charge in [0.2, 0.25) is 0 Å². The molecule has 0 saturated carbocycles. The van der Waals surface area contributed by atoms with E-state index in [0.29, 0.717) is 17.3 Å². The van der Waals surface area contributed by atoms with Crippen molar-refractivity contribution >= 4 is 51.9 Å². The highest BCUT2D eigenvalue weighted by atomic mass is 35.5. The van der Waals surface area contributed by atoms with Crippen LogP contribution in [0.3, 0.4) is 0 Å². The second kappa shape index (κ2) is 11.1. The normalized spacial score (nSPS) is 16.7. The van der Waals surface area contributed by atoms with Gasteiger partial charge < -0.3 is 14.5 Å². The molecule has 3 aromatic rings. The van der Waals surface area contributed by atoms with Crippen LogP contribution in [0.15, 0.2) is 82.7 Å². The van der Waals surface area contributed by atoms with Crippen LogP contribution in [0.5, 0.6) is 5.75 Å². The maximum atomic E-state index is 12.5. The molecule has 2 heterocycles. The third-order valence-electron chi connectivity index (χ3n) is 6.08. The molecule has 37 heavy (non-hydrogen) atoms. The largest absolute Gasteiger partial charge is 0.489 e. The fraction of sp³-hybridized carbons (Fsp3) is 0.185. The van der Waals surface area contributed by atoms with E-state index in [4.69, 9.17) is 16.3 Å². The number of carbonyl (C=O) groups excluding carboxylic acids is 1. The van der Waals surface area contributed by atoms with Crippen molar-refractivity contribution in [3.63, 3.8) is 0 Å². The average Bonchev–Trinajstić information content (AvgIpc) is 3.29. The Bertz CT molecular complexity index is 1350. The standard InChI is InChI=1S/C27H23ClN4O4S/c28-21-5-9-22(10-6-21)30-13-15-31(16-14-30)27-29-26(33)25(37-27)17-19-3-11-24(12-4-19)36-18-20-1-7-23(8-2-20)32(34)35/h1-12,17H,13-16,18H2/b25-17+. The van der Waals surface area contributed by atoms with Crippen LogP contribution in [0.2, 0.25) is 5.02 Å². The molecule has 0 aromatic heterocycles. The molecule has 2 aliphatic rings. The number of hydrogen-bond acceptors (Lipinski definition) is 7. The molecule has 188 valence electrons. The van der Waals surface area contributed by atoms with Gasteiger partial charge >= 0.3 is 0 Å². The molecule has 2 aliphatic heterocycles. The summed E-state index contributed by atoms with van der Waals surface area (Å²) in [6.07, 6.45) is 1.84. The second-order valence-electron chi connectivity index (χ2n) is 8.54. The SMILES string of the molecule is O=C1N=C(N2CCN(c3ccc(Cl)cc3)CC2)S/C1=C/c1ccc(OCc2ccc([N+](=O)[O-])cc2)cc1. The van der Waals surface area contributed by atoms with Gasteiger partial charge in [0, 0.05) is 49.0 Å². The number of nitro benzene ring substituents is 1. The molecule has 8 nitrogen and oxygen atoms in total. The maximum absolute atomic E-state index is 12.5. The molecule has 1 fully saturated rings. The number of anilines is 1. The lowest BCUT2D eigenvalue weighted by Gasteiger charge is -2.36. The van der Waals surface area contributed by atoms with Crippen LogP contribution in [-0.2, 0) is 11.4 Å². The van der Waals surface area contributed by atoms with Crippen molar-refractivity contribution in [2.24, 2.45) is 4.99 Å². The number of nitrogens with zero attached hydrogens (tertiary/aromatic N) is 4.